The molecule has 0 aliphatic heterocycles. The van der Waals surface area contributed by atoms with E-state index in [9.17, 15) is 0 Å². The van der Waals surface area contributed by atoms with Crippen LogP contribution >= 0.6 is 15.9 Å². The zero-order valence-corrected chi connectivity index (χ0v) is 13.9. The lowest BCUT2D eigenvalue weighted by Gasteiger charge is -2.06. The van der Waals surface area contributed by atoms with E-state index >= 15 is 0 Å². The molecule has 0 unspecified atom stereocenters. The molecule has 0 atom stereocenters. The van der Waals surface area contributed by atoms with E-state index in [4.69, 9.17) is 4.42 Å². The molecule has 0 aliphatic rings. The van der Waals surface area contributed by atoms with Crippen LogP contribution < -0.4 is 5.32 Å². The van der Waals surface area contributed by atoms with Crippen molar-refractivity contribution >= 4 is 26.9 Å². The Morgan fingerprint density at radius 2 is 1.89 bits per heavy atom. The second-order valence-corrected chi connectivity index (χ2v) is 6.47. The highest BCUT2D eigenvalue weighted by atomic mass is 79.9. The summed E-state index contributed by atoms with van der Waals surface area (Å²) in [4.78, 5) is 0. The molecule has 1 aromatic carbocycles. The van der Waals surface area contributed by atoms with Crippen molar-refractivity contribution in [3.63, 3.8) is 0 Å². The predicted molar refractivity (Wildman–Crippen MR) is 84.7 cm³/mol. The minimum atomic E-state index is 0.655. The smallest absolute Gasteiger partial charge is 0.135 e. The van der Waals surface area contributed by atoms with Crippen LogP contribution in [0.1, 0.15) is 36.3 Å². The van der Waals surface area contributed by atoms with E-state index in [1.165, 1.54) is 26.5 Å². The molecule has 1 N–H and O–H groups in total. The van der Waals surface area contributed by atoms with E-state index in [0.717, 1.165) is 24.4 Å². The number of nitrogens with one attached hydrogen (secondary N) is 1. The van der Waals surface area contributed by atoms with E-state index in [-0.39, 0.29) is 0 Å². The number of rotatable bonds is 4. The molecule has 0 amide bonds. The molecule has 19 heavy (non-hydrogen) atoms. The van der Waals surface area contributed by atoms with E-state index in [1.807, 2.05) is 0 Å². The average molecular weight is 324 g/mol. The quantitative estimate of drug-likeness (QED) is 0.868. The topological polar surface area (TPSA) is 25.2 Å². The van der Waals surface area contributed by atoms with Crippen molar-refractivity contribution in [1.82, 2.24) is 5.32 Å². The number of furan rings is 1. The van der Waals surface area contributed by atoms with Crippen LogP contribution in [0, 0.1) is 26.7 Å². The summed E-state index contributed by atoms with van der Waals surface area (Å²) in [5, 5.41) is 4.70. The van der Waals surface area contributed by atoms with Crippen molar-refractivity contribution < 1.29 is 4.42 Å². The van der Waals surface area contributed by atoms with Crippen LogP contribution in [-0.4, -0.2) is 6.54 Å². The molecule has 1 heterocycles. The van der Waals surface area contributed by atoms with Gasteiger partial charge in [0.15, 0.2) is 0 Å². The molecule has 0 fully saturated rings. The van der Waals surface area contributed by atoms with Gasteiger partial charge in [0.2, 0.25) is 0 Å². The lowest BCUT2D eigenvalue weighted by atomic mass is 10.0. The van der Waals surface area contributed by atoms with Gasteiger partial charge in [-0.05, 0) is 56.0 Å². The van der Waals surface area contributed by atoms with E-state index in [0.29, 0.717) is 5.92 Å². The molecule has 0 bridgehead atoms. The lowest BCUT2D eigenvalue weighted by Crippen LogP contribution is -2.18. The summed E-state index contributed by atoms with van der Waals surface area (Å²) >= 11 is 3.66. The molecule has 2 nitrogen and oxygen atoms in total. The number of aryl methyl sites for hydroxylation is 3. The standard InChI is InChI=1S/C16H22BrNO/c1-9(2)7-18-8-14-11(4)15-12(5)16(17)10(3)6-13(15)19-14/h6,9,18H,7-8H2,1-5H3. The fraction of sp³-hybridized carbons (Fsp3) is 0.500. The monoisotopic (exact) mass is 323 g/mol. The first-order chi connectivity index (χ1) is 8.91. The van der Waals surface area contributed by atoms with Gasteiger partial charge in [-0.15, -0.1) is 0 Å². The number of benzene rings is 1. The molecular weight excluding hydrogens is 302 g/mol. The van der Waals surface area contributed by atoms with Crippen LogP contribution in [0.25, 0.3) is 11.0 Å². The average Bonchev–Trinajstić information content (AvgIpc) is 2.63. The van der Waals surface area contributed by atoms with Gasteiger partial charge in [-0.3, -0.25) is 0 Å². The first-order valence-electron chi connectivity index (χ1n) is 6.80. The molecule has 1 aromatic heterocycles. The van der Waals surface area contributed by atoms with Gasteiger partial charge < -0.3 is 9.73 Å². The van der Waals surface area contributed by atoms with E-state index < -0.39 is 0 Å². The Morgan fingerprint density at radius 3 is 2.53 bits per heavy atom. The molecule has 0 saturated carbocycles. The van der Waals surface area contributed by atoms with Gasteiger partial charge in [-0.2, -0.15) is 0 Å². The van der Waals surface area contributed by atoms with Crippen molar-refractivity contribution in [2.24, 2.45) is 5.92 Å². The third kappa shape index (κ3) is 2.87. The number of hydrogen-bond donors (Lipinski definition) is 1. The van der Waals surface area contributed by atoms with Crippen molar-refractivity contribution in [1.29, 1.82) is 0 Å². The molecule has 2 rings (SSSR count). The largest absolute Gasteiger partial charge is 0.459 e. The maximum atomic E-state index is 6.01. The summed E-state index contributed by atoms with van der Waals surface area (Å²) in [6.45, 7) is 12.6. The zero-order valence-electron chi connectivity index (χ0n) is 12.4. The number of fused-ring (bicyclic) bond motifs is 1. The second kappa shape index (κ2) is 5.68. The first kappa shape index (κ1) is 14.6. The van der Waals surface area contributed by atoms with Crippen molar-refractivity contribution in [2.45, 2.75) is 41.2 Å². The van der Waals surface area contributed by atoms with Crippen LogP contribution in [0.5, 0.6) is 0 Å². The number of hydrogen-bond acceptors (Lipinski definition) is 2. The molecule has 104 valence electrons. The Hall–Kier alpha value is -0.800. The maximum absolute atomic E-state index is 6.01. The van der Waals surface area contributed by atoms with Gasteiger partial charge in [-0.1, -0.05) is 29.8 Å². The summed E-state index contributed by atoms with van der Waals surface area (Å²) < 4.78 is 7.20. The predicted octanol–water partition coefficient (Wildman–Crippen LogP) is 4.87. The van der Waals surface area contributed by atoms with Crippen LogP contribution in [0.3, 0.4) is 0 Å². The third-order valence-electron chi connectivity index (χ3n) is 3.51. The van der Waals surface area contributed by atoms with E-state index in [1.54, 1.807) is 0 Å². The highest BCUT2D eigenvalue weighted by molar-refractivity contribution is 9.10. The lowest BCUT2D eigenvalue weighted by molar-refractivity contribution is 0.482. The summed E-state index contributed by atoms with van der Waals surface area (Å²) in [7, 11) is 0. The summed E-state index contributed by atoms with van der Waals surface area (Å²) in [6.07, 6.45) is 0. The van der Waals surface area contributed by atoms with Gasteiger partial charge in [0.25, 0.3) is 0 Å². The minimum Gasteiger partial charge on any atom is -0.459 e. The minimum absolute atomic E-state index is 0.655. The van der Waals surface area contributed by atoms with Crippen molar-refractivity contribution in [2.75, 3.05) is 6.54 Å². The Kier molecular flexibility index (Phi) is 4.36. The van der Waals surface area contributed by atoms with Crippen LogP contribution in [0.15, 0.2) is 15.0 Å². The third-order valence-corrected chi connectivity index (χ3v) is 4.73. The normalized spacial score (nSPS) is 11.7. The first-order valence-corrected chi connectivity index (χ1v) is 7.59. The Morgan fingerprint density at radius 1 is 1.21 bits per heavy atom. The van der Waals surface area contributed by atoms with Gasteiger partial charge >= 0.3 is 0 Å². The Balaban J connectivity index is 2.37. The van der Waals surface area contributed by atoms with Gasteiger partial charge in [0.1, 0.15) is 11.3 Å². The van der Waals surface area contributed by atoms with Gasteiger partial charge in [-0.25, -0.2) is 0 Å². The Labute approximate surface area is 123 Å². The highest BCUT2D eigenvalue weighted by Crippen LogP contribution is 2.34. The van der Waals surface area contributed by atoms with Crippen LogP contribution in [0.2, 0.25) is 0 Å². The number of halogens is 1. The van der Waals surface area contributed by atoms with Crippen molar-refractivity contribution in [3.05, 3.63) is 33.0 Å². The summed E-state index contributed by atoms with van der Waals surface area (Å²) in [6, 6.07) is 2.12. The zero-order chi connectivity index (χ0) is 14.2. The fourth-order valence-electron chi connectivity index (χ4n) is 2.46. The fourth-order valence-corrected chi connectivity index (χ4v) is 2.77. The molecule has 0 saturated heterocycles. The molecule has 2 aromatic rings. The van der Waals surface area contributed by atoms with Crippen molar-refractivity contribution in [3.8, 4) is 0 Å². The summed E-state index contributed by atoms with van der Waals surface area (Å²) in [5.74, 6) is 1.71. The van der Waals surface area contributed by atoms with Crippen LogP contribution in [0.4, 0.5) is 0 Å². The molecule has 0 aliphatic carbocycles. The molecular formula is C16H22BrNO. The highest BCUT2D eigenvalue weighted by Gasteiger charge is 2.15. The maximum Gasteiger partial charge on any atom is 0.135 e. The Bertz CT molecular complexity index is 599. The molecule has 3 heteroatoms. The van der Waals surface area contributed by atoms with E-state index in [2.05, 4.69) is 61.9 Å². The SMILES string of the molecule is Cc1cc2oc(CNCC(C)C)c(C)c2c(C)c1Br. The van der Waals surface area contributed by atoms with Gasteiger partial charge in [0.05, 0.1) is 6.54 Å². The van der Waals surface area contributed by atoms with Gasteiger partial charge in [0, 0.05) is 9.86 Å². The molecule has 0 spiro atoms. The second-order valence-electron chi connectivity index (χ2n) is 5.68. The van der Waals surface area contributed by atoms with Crippen LogP contribution in [-0.2, 0) is 6.54 Å². The molecule has 0 radical (unpaired) electrons. The summed E-state index contributed by atoms with van der Waals surface area (Å²) in [5.41, 5.74) is 4.74.